The highest BCUT2D eigenvalue weighted by Gasteiger charge is 2.12. The normalized spacial score (nSPS) is 11.5. The number of hydrogen-bond acceptors (Lipinski definition) is 3. The van der Waals surface area contributed by atoms with Crippen LogP contribution in [-0.2, 0) is 0 Å². The maximum absolute atomic E-state index is 9.51. The van der Waals surface area contributed by atoms with E-state index in [1.54, 1.807) is 13.8 Å². The van der Waals surface area contributed by atoms with Crippen LogP contribution in [0.2, 0.25) is 0 Å². The third kappa shape index (κ3) is 4.21. The minimum Gasteiger partial charge on any atom is -0.491 e. The van der Waals surface area contributed by atoms with Crippen molar-refractivity contribution in [3.05, 3.63) is 23.8 Å². The Labute approximate surface area is 90.9 Å². The van der Waals surface area contributed by atoms with Gasteiger partial charge in [0.15, 0.2) is 0 Å². The van der Waals surface area contributed by atoms with Crippen LogP contribution in [0.15, 0.2) is 18.2 Å². The molecule has 3 heteroatoms. The van der Waals surface area contributed by atoms with Crippen LogP contribution in [0, 0.1) is 6.92 Å². The van der Waals surface area contributed by atoms with E-state index >= 15 is 0 Å². The highest BCUT2D eigenvalue weighted by molar-refractivity contribution is 5.53. The predicted molar refractivity (Wildman–Crippen MR) is 62.0 cm³/mol. The number of hydrogen-bond donors (Lipinski definition) is 2. The molecule has 0 bridgehead atoms. The summed E-state index contributed by atoms with van der Waals surface area (Å²) in [7, 11) is 0. The van der Waals surface area contributed by atoms with E-state index in [0.29, 0.717) is 24.5 Å². The Hall–Kier alpha value is -1.22. The van der Waals surface area contributed by atoms with Crippen molar-refractivity contribution in [2.24, 2.45) is 0 Å². The Kier molecular flexibility index (Phi) is 3.58. The monoisotopic (exact) mass is 209 g/mol. The molecule has 0 amide bonds. The minimum atomic E-state index is -0.696. The van der Waals surface area contributed by atoms with Gasteiger partial charge in [-0.15, -0.1) is 0 Å². The zero-order valence-electron chi connectivity index (χ0n) is 9.58. The van der Waals surface area contributed by atoms with E-state index in [9.17, 15) is 5.11 Å². The molecule has 3 nitrogen and oxygen atoms in total. The minimum absolute atomic E-state index is 0.469. The zero-order valence-corrected chi connectivity index (χ0v) is 9.58. The molecule has 0 aliphatic heterocycles. The molecule has 0 fully saturated rings. The molecule has 0 saturated heterocycles. The van der Waals surface area contributed by atoms with Crippen LogP contribution in [0.4, 0.5) is 5.69 Å². The Morgan fingerprint density at radius 3 is 2.67 bits per heavy atom. The highest BCUT2D eigenvalue weighted by atomic mass is 16.5. The van der Waals surface area contributed by atoms with Gasteiger partial charge in [0.25, 0.3) is 0 Å². The Balaban J connectivity index is 2.54. The van der Waals surface area contributed by atoms with E-state index in [4.69, 9.17) is 10.5 Å². The standard InChI is InChI=1S/C12H19NO2/c1-9-4-5-10(13)11(8-9)15-7-6-12(2,3)14/h4-5,8,14H,6-7,13H2,1-3H3. The van der Waals surface area contributed by atoms with Crippen molar-refractivity contribution in [1.82, 2.24) is 0 Å². The molecule has 1 aromatic rings. The number of nitrogens with two attached hydrogens (primary N) is 1. The molecule has 0 heterocycles. The van der Waals surface area contributed by atoms with Crippen LogP contribution in [-0.4, -0.2) is 17.3 Å². The lowest BCUT2D eigenvalue weighted by atomic mass is 10.1. The first-order chi connectivity index (χ1) is 6.88. The van der Waals surface area contributed by atoms with Gasteiger partial charge < -0.3 is 15.6 Å². The molecule has 1 aromatic carbocycles. The summed E-state index contributed by atoms with van der Waals surface area (Å²) < 4.78 is 5.51. The number of ether oxygens (including phenoxy) is 1. The lowest BCUT2D eigenvalue weighted by Crippen LogP contribution is -2.22. The SMILES string of the molecule is Cc1ccc(N)c(OCCC(C)(C)O)c1. The third-order valence-electron chi connectivity index (χ3n) is 2.14. The fourth-order valence-electron chi connectivity index (χ4n) is 1.18. The second-order valence-corrected chi connectivity index (χ2v) is 4.45. The van der Waals surface area contributed by atoms with Crippen LogP contribution >= 0.6 is 0 Å². The molecule has 0 unspecified atom stereocenters. The van der Waals surface area contributed by atoms with Crippen LogP contribution in [0.25, 0.3) is 0 Å². The average Bonchev–Trinajstić information content (AvgIpc) is 2.09. The average molecular weight is 209 g/mol. The van der Waals surface area contributed by atoms with Crippen molar-refractivity contribution in [3.63, 3.8) is 0 Å². The van der Waals surface area contributed by atoms with E-state index in [2.05, 4.69) is 0 Å². The van der Waals surface area contributed by atoms with Crippen molar-refractivity contribution >= 4 is 5.69 Å². The fourth-order valence-corrected chi connectivity index (χ4v) is 1.18. The summed E-state index contributed by atoms with van der Waals surface area (Å²) in [5.41, 5.74) is 6.80. The molecule has 1 rings (SSSR count). The molecular formula is C12H19NO2. The van der Waals surface area contributed by atoms with Gasteiger partial charge in [-0.3, -0.25) is 0 Å². The second-order valence-electron chi connectivity index (χ2n) is 4.45. The van der Waals surface area contributed by atoms with Gasteiger partial charge >= 0.3 is 0 Å². The quantitative estimate of drug-likeness (QED) is 0.747. The number of rotatable bonds is 4. The zero-order chi connectivity index (χ0) is 11.5. The summed E-state index contributed by atoms with van der Waals surface area (Å²) >= 11 is 0. The van der Waals surface area contributed by atoms with Gasteiger partial charge in [-0.2, -0.15) is 0 Å². The van der Waals surface area contributed by atoms with E-state index < -0.39 is 5.60 Å². The molecule has 0 atom stereocenters. The van der Waals surface area contributed by atoms with Crippen molar-refractivity contribution in [2.45, 2.75) is 32.8 Å². The Morgan fingerprint density at radius 1 is 1.40 bits per heavy atom. The van der Waals surface area contributed by atoms with Gasteiger partial charge in [0, 0.05) is 6.42 Å². The van der Waals surface area contributed by atoms with Gasteiger partial charge in [-0.1, -0.05) is 6.07 Å². The maximum atomic E-state index is 9.51. The van der Waals surface area contributed by atoms with E-state index in [-0.39, 0.29) is 0 Å². The number of benzene rings is 1. The van der Waals surface area contributed by atoms with Crippen LogP contribution in [0.1, 0.15) is 25.8 Å². The first-order valence-corrected chi connectivity index (χ1v) is 5.10. The summed E-state index contributed by atoms with van der Waals surface area (Å²) in [6.45, 7) is 5.98. The number of nitrogen functional groups attached to an aromatic ring is 1. The lowest BCUT2D eigenvalue weighted by Gasteiger charge is -2.17. The molecule has 0 aromatic heterocycles. The van der Waals surface area contributed by atoms with Gasteiger partial charge in [0.05, 0.1) is 17.9 Å². The molecule has 84 valence electrons. The van der Waals surface area contributed by atoms with Crippen LogP contribution < -0.4 is 10.5 Å². The van der Waals surface area contributed by atoms with Crippen molar-refractivity contribution < 1.29 is 9.84 Å². The molecule has 15 heavy (non-hydrogen) atoms. The smallest absolute Gasteiger partial charge is 0.142 e. The first-order valence-electron chi connectivity index (χ1n) is 5.10. The van der Waals surface area contributed by atoms with Gasteiger partial charge in [0.1, 0.15) is 5.75 Å². The number of anilines is 1. The first kappa shape index (κ1) is 11.9. The van der Waals surface area contributed by atoms with Gasteiger partial charge in [-0.05, 0) is 38.5 Å². The third-order valence-corrected chi connectivity index (χ3v) is 2.14. The molecule has 3 N–H and O–H groups in total. The summed E-state index contributed by atoms with van der Waals surface area (Å²) in [5, 5.41) is 9.51. The molecular weight excluding hydrogens is 190 g/mol. The van der Waals surface area contributed by atoms with Gasteiger partial charge in [0.2, 0.25) is 0 Å². The van der Waals surface area contributed by atoms with Crippen molar-refractivity contribution in [2.75, 3.05) is 12.3 Å². The molecule has 0 aliphatic rings. The molecule has 0 saturated carbocycles. The van der Waals surface area contributed by atoms with Gasteiger partial charge in [-0.25, -0.2) is 0 Å². The van der Waals surface area contributed by atoms with Crippen LogP contribution in [0.3, 0.4) is 0 Å². The van der Waals surface area contributed by atoms with Crippen molar-refractivity contribution in [3.8, 4) is 5.75 Å². The number of aliphatic hydroxyl groups is 1. The summed E-state index contributed by atoms with van der Waals surface area (Å²) in [4.78, 5) is 0. The van der Waals surface area contributed by atoms with E-state index in [0.717, 1.165) is 5.56 Å². The molecule has 0 aliphatic carbocycles. The van der Waals surface area contributed by atoms with Crippen LogP contribution in [0.5, 0.6) is 5.75 Å². The van der Waals surface area contributed by atoms with Crippen molar-refractivity contribution in [1.29, 1.82) is 0 Å². The second kappa shape index (κ2) is 4.53. The Morgan fingerprint density at radius 2 is 2.07 bits per heavy atom. The largest absolute Gasteiger partial charge is 0.491 e. The molecule has 0 radical (unpaired) electrons. The fraction of sp³-hybridized carbons (Fsp3) is 0.500. The van der Waals surface area contributed by atoms with E-state index in [1.165, 1.54) is 0 Å². The number of aryl methyl sites for hydroxylation is 1. The summed E-state index contributed by atoms with van der Waals surface area (Å²) in [6.07, 6.45) is 0.584. The molecule has 0 spiro atoms. The summed E-state index contributed by atoms with van der Waals surface area (Å²) in [6, 6.07) is 5.67. The van der Waals surface area contributed by atoms with E-state index in [1.807, 2.05) is 25.1 Å². The lowest BCUT2D eigenvalue weighted by molar-refractivity contribution is 0.0554. The predicted octanol–water partition coefficient (Wildman–Crippen LogP) is 2.12. The highest BCUT2D eigenvalue weighted by Crippen LogP contribution is 2.23. The summed E-state index contributed by atoms with van der Waals surface area (Å²) in [5.74, 6) is 0.694. The maximum Gasteiger partial charge on any atom is 0.142 e. The topological polar surface area (TPSA) is 55.5 Å². The Bertz CT molecular complexity index is 329.